The topological polar surface area (TPSA) is 0 Å². The van der Waals surface area contributed by atoms with E-state index < -0.39 is 17.0 Å². The van der Waals surface area contributed by atoms with E-state index in [1.807, 2.05) is 25.1 Å². The van der Waals surface area contributed by atoms with Crippen LogP contribution in [0.4, 0.5) is 8.78 Å². The number of hydrogen-bond donors (Lipinski definition) is 0. The monoisotopic (exact) mass is 330 g/mol. The summed E-state index contributed by atoms with van der Waals surface area (Å²) in [6, 6.07) is 9.07. The van der Waals surface area contributed by atoms with E-state index >= 15 is 0 Å². The highest BCUT2D eigenvalue weighted by molar-refractivity contribution is 9.10. The Bertz CT molecular complexity index is 564. The Morgan fingerprint density at radius 2 is 1.83 bits per heavy atom. The van der Waals surface area contributed by atoms with Gasteiger partial charge in [0.1, 0.15) is 11.6 Å². The predicted octanol–water partition coefficient (Wildman–Crippen LogP) is 5.36. The molecule has 4 heteroatoms. The average Bonchev–Trinajstić information content (AvgIpc) is 2.26. The number of halogens is 4. The fourth-order valence-corrected chi connectivity index (χ4v) is 2.73. The molecule has 0 heterocycles. The van der Waals surface area contributed by atoms with E-state index in [9.17, 15) is 8.78 Å². The highest BCUT2D eigenvalue weighted by Gasteiger charge is 2.16. The second kappa shape index (κ2) is 5.37. The summed E-state index contributed by atoms with van der Waals surface area (Å²) < 4.78 is 27.4. The summed E-state index contributed by atoms with van der Waals surface area (Å²) in [5.74, 6) is -1.24. The van der Waals surface area contributed by atoms with Crippen LogP contribution in [-0.4, -0.2) is 0 Å². The lowest BCUT2D eigenvalue weighted by atomic mass is 10.0. The van der Waals surface area contributed by atoms with Crippen LogP contribution in [0.1, 0.15) is 22.1 Å². The maximum absolute atomic E-state index is 13.7. The van der Waals surface area contributed by atoms with Crippen molar-refractivity contribution in [3.05, 3.63) is 69.2 Å². The Kier molecular flexibility index (Phi) is 4.03. The third-order valence-corrected chi connectivity index (χ3v) is 3.54. The van der Waals surface area contributed by atoms with E-state index in [-0.39, 0.29) is 5.56 Å². The van der Waals surface area contributed by atoms with Gasteiger partial charge in [0.2, 0.25) is 0 Å². The second-order valence-corrected chi connectivity index (χ2v) is 5.44. The highest BCUT2D eigenvalue weighted by Crippen LogP contribution is 2.32. The van der Waals surface area contributed by atoms with Crippen LogP contribution in [0, 0.1) is 18.6 Å². The molecule has 94 valence electrons. The van der Waals surface area contributed by atoms with Gasteiger partial charge in [-0.25, -0.2) is 8.78 Å². The van der Waals surface area contributed by atoms with Crippen LogP contribution in [0.3, 0.4) is 0 Å². The lowest BCUT2D eigenvalue weighted by Crippen LogP contribution is -1.98. The Morgan fingerprint density at radius 1 is 1.11 bits per heavy atom. The Labute approximate surface area is 118 Å². The van der Waals surface area contributed by atoms with Gasteiger partial charge in [0, 0.05) is 16.1 Å². The van der Waals surface area contributed by atoms with Gasteiger partial charge in [0.25, 0.3) is 0 Å². The maximum atomic E-state index is 13.7. The van der Waals surface area contributed by atoms with E-state index in [4.69, 9.17) is 11.6 Å². The molecule has 0 fully saturated rings. The summed E-state index contributed by atoms with van der Waals surface area (Å²) in [7, 11) is 0. The lowest BCUT2D eigenvalue weighted by Gasteiger charge is -2.12. The number of alkyl halides is 1. The van der Waals surface area contributed by atoms with Gasteiger partial charge in [0.05, 0.1) is 5.38 Å². The molecule has 0 aliphatic carbocycles. The minimum absolute atomic E-state index is 0.274. The van der Waals surface area contributed by atoms with Crippen molar-refractivity contribution in [3.8, 4) is 0 Å². The molecule has 0 nitrogen and oxygen atoms in total. The molecule has 0 radical (unpaired) electrons. The number of hydrogen-bond acceptors (Lipinski definition) is 0. The molecule has 1 unspecified atom stereocenters. The first-order valence-corrected chi connectivity index (χ1v) is 6.56. The summed E-state index contributed by atoms with van der Waals surface area (Å²) in [6.45, 7) is 1.93. The van der Waals surface area contributed by atoms with Crippen molar-refractivity contribution in [2.75, 3.05) is 0 Å². The largest absolute Gasteiger partial charge is 0.207 e. The smallest absolute Gasteiger partial charge is 0.131 e. The van der Waals surface area contributed by atoms with Crippen molar-refractivity contribution in [3.63, 3.8) is 0 Å². The van der Waals surface area contributed by atoms with Gasteiger partial charge in [-0.05, 0) is 36.2 Å². The Balaban J connectivity index is 2.44. The van der Waals surface area contributed by atoms with E-state index in [1.54, 1.807) is 0 Å². The molecular formula is C14H10BrClF2. The van der Waals surface area contributed by atoms with Crippen LogP contribution in [0.15, 0.2) is 40.9 Å². The summed E-state index contributed by atoms with van der Waals surface area (Å²) >= 11 is 9.62. The molecule has 2 aromatic rings. The van der Waals surface area contributed by atoms with Crippen molar-refractivity contribution in [1.82, 2.24) is 0 Å². The van der Waals surface area contributed by atoms with Gasteiger partial charge in [-0.1, -0.05) is 28.1 Å². The molecular weight excluding hydrogens is 322 g/mol. The van der Waals surface area contributed by atoms with Crippen molar-refractivity contribution in [2.24, 2.45) is 0 Å². The first kappa shape index (κ1) is 13.5. The van der Waals surface area contributed by atoms with Crippen LogP contribution in [0.5, 0.6) is 0 Å². The van der Waals surface area contributed by atoms with Crippen molar-refractivity contribution in [1.29, 1.82) is 0 Å². The molecule has 0 amide bonds. The molecule has 0 aliphatic rings. The Hall–Kier alpha value is -0.930. The number of aryl methyl sites for hydroxylation is 1. The van der Waals surface area contributed by atoms with Crippen LogP contribution in [0.2, 0.25) is 0 Å². The van der Waals surface area contributed by atoms with Gasteiger partial charge in [0.15, 0.2) is 0 Å². The predicted molar refractivity (Wildman–Crippen MR) is 72.9 cm³/mol. The van der Waals surface area contributed by atoms with Crippen molar-refractivity contribution >= 4 is 27.5 Å². The number of benzene rings is 2. The van der Waals surface area contributed by atoms with Crippen LogP contribution in [0.25, 0.3) is 0 Å². The maximum Gasteiger partial charge on any atom is 0.131 e. The molecule has 1 atom stereocenters. The van der Waals surface area contributed by atoms with Crippen LogP contribution < -0.4 is 0 Å². The van der Waals surface area contributed by atoms with Crippen LogP contribution >= 0.6 is 27.5 Å². The molecule has 0 bridgehead atoms. The zero-order valence-corrected chi connectivity index (χ0v) is 11.9. The third kappa shape index (κ3) is 2.90. The quantitative estimate of drug-likeness (QED) is 0.650. The van der Waals surface area contributed by atoms with E-state index in [1.165, 1.54) is 12.1 Å². The standard InChI is InChI=1S/C14H10BrClF2/c1-8-4-9(6-10(15)5-8)14(16)12-3-2-11(17)7-13(12)18/h2-7,14H,1H3. The summed E-state index contributed by atoms with van der Waals surface area (Å²) in [5, 5.41) is -0.637. The molecule has 0 saturated carbocycles. The first-order valence-electron chi connectivity index (χ1n) is 5.33. The van der Waals surface area contributed by atoms with Crippen LogP contribution in [-0.2, 0) is 0 Å². The number of rotatable bonds is 2. The summed E-state index contributed by atoms with van der Waals surface area (Å²) in [4.78, 5) is 0. The second-order valence-electron chi connectivity index (χ2n) is 4.09. The van der Waals surface area contributed by atoms with Gasteiger partial charge in [-0.3, -0.25) is 0 Å². The van der Waals surface area contributed by atoms with Crippen molar-refractivity contribution in [2.45, 2.75) is 12.3 Å². The SMILES string of the molecule is Cc1cc(Br)cc(C(Cl)c2ccc(F)cc2F)c1. The Morgan fingerprint density at radius 3 is 2.44 bits per heavy atom. The van der Waals surface area contributed by atoms with Crippen molar-refractivity contribution < 1.29 is 8.78 Å². The molecule has 0 N–H and O–H groups in total. The highest BCUT2D eigenvalue weighted by atomic mass is 79.9. The molecule has 0 aliphatic heterocycles. The lowest BCUT2D eigenvalue weighted by molar-refractivity contribution is 0.573. The molecule has 2 aromatic carbocycles. The minimum Gasteiger partial charge on any atom is -0.207 e. The average molecular weight is 332 g/mol. The summed E-state index contributed by atoms with van der Waals surface area (Å²) in [5.41, 5.74) is 2.07. The van der Waals surface area contributed by atoms with Gasteiger partial charge >= 0.3 is 0 Å². The van der Waals surface area contributed by atoms with E-state index in [0.717, 1.165) is 21.7 Å². The molecule has 0 aromatic heterocycles. The molecule has 2 rings (SSSR count). The molecule has 0 spiro atoms. The third-order valence-electron chi connectivity index (χ3n) is 2.59. The van der Waals surface area contributed by atoms with Gasteiger partial charge < -0.3 is 0 Å². The van der Waals surface area contributed by atoms with Gasteiger partial charge in [-0.15, -0.1) is 11.6 Å². The van der Waals surface area contributed by atoms with Gasteiger partial charge in [-0.2, -0.15) is 0 Å². The summed E-state index contributed by atoms with van der Waals surface area (Å²) in [6.07, 6.45) is 0. The molecule has 18 heavy (non-hydrogen) atoms. The van der Waals surface area contributed by atoms with E-state index in [2.05, 4.69) is 15.9 Å². The fraction of sp³-hybridized carbons (Fsp3) is 0.143. The normalized spacial score (nSPS) is 12.5. The fourth-order valence-electron chi connectivity index (χ4n) is 1.80. The first-order chi connectivity index (χ1) is 8.47. The molecule has 0 saturated heterocycles. The zero-order chi connectivity index (χ0) is 13.3. The zero-order valence-electron chi connectivity index (χ0n) is 9.55. The minimum atomic E-state index is -0.637. The van der Waals surface area contributed by atoms with E-state index in [0.29, 0.717) is 0 Å².